The molecule has 21 heavy (non-hydrogen) atoms. The first-order valence-electron chi connectivity index (χ1n) is 6.88. The van der Waals surface area contributed by atoms with Crippen molar-refractivity contribution in [3.05, 3.63) is 59.9 Å². The summed E-state index contributed by atoms with van der Waals surface area (Å²) >= 11 is 0. The molecule has 0 radical (unpaired) electrons. The minimum Gasteiger partial charge on any atom is -0.331 e. The third-order valence-electron chi connectivity index (χ3n) is 3.73. The minimum atomic E-state index is -0.296. The molecule has 0 bridgehead atoms. The zero-order valence-electron chi connectivity index (χ0n) is 12.0. The third kappa shape index (κ3) is 2.52. The van der Waals surface area contributed by atoms with Gasteiger partial charge < -0.3 is 9.88 Å². The fraction of sp³-hybridized carbons (Fsp3) is 0.250. The Morgan fingerprint density at radius 2 is 2.05 bits per heavy atom. The molecule has 0 saturated heterocycles. The van der Waals surface area contributed by atoms with Crippen LogP contribution in [0, 0.1) is 5.82 Å². The summed E-state index contributed by atoms with van der Waals surface area (Å²) < 4.78 is 15.9. The maximum Gasteiger partial charge on any atom is 0.146 e. The van der Waals surface area contributed by atoms with E-state index in [1.807, 2.05) is 35.9 Å². The fourth-order valence-corrected chi connectivity index (χ4v) is 2.55. The maximum absolute atomic E-state index is 13.9. The predicted octanol–water partition coefficient (Wildman–Crippen LogP) is 2.61. The number of aromatic nitrogens is 3. The lowest BCUT2D eigenvalue weighted by molar-refractivity contribution is 0.504. The van der Waals surface area contributed by atoms with Gasteiger partial charge >= 0.3 is 0 Å². The number of aryl methyl sites for hydroxylation is 1. The lowest BCUT2D eigenvalue weighted by Gasteiger charge is -2.16. The van der Waals surface area contributed by atoms with Gasteiger partial charge in [-0.2, -0.15) is 0 Å². The van der Waals surface area contributed by atoms with E-state index in [9.17, 15) is 4.39 Å². The van der Waals surface area contributed by atoms with Crippen LogP contribution in [-0.2, 0) is 13.5 Å². The quantitative estimate of drug-likeness (QED) is 0.801. The first-order chi connectivity index (χ1) is 10.2. The zero-order chi connectivity index (χ0) is 14.8. The summed E-state index contributed by atoms with van der Waals surface area (Å²) in [5, 5.41) is 3.12. The minimum absolute atomic E-state index is 0.207. The van der Waals surface area contributed by atoms with Crippen LogP contribution in [0.25, 0.3) is 11.0 Å². The van der Waals surface area contributed by atoms with Gasteiger partial charge in [0.2, 0.25) is 0 Å². The van der Waals surface area contributed by atoms with Gasteiger partial charge in [-0.25, -0.2) is 9.37 Å². The van der Waals surface area contributed by atoms with E-state index in [0.717, 1.165) is 16.9 Å². The number of rotatable bonds is 4. The van der Waals surface area contributed by atoms with Gasteiger partial charge in [-0.15, -0.1) is 0 Å². The van der Waals surface area contributed by atoms with Crippen LogP contribution in [-0.4, -0.2) is 21.6 Å². The Morgan fingerprint density at radius 3 is 2.76 bits per heavy atom. The predicted molar refractivity (Wildman–Crippen MR) is 80.4 cm³/mol. The number of fused-ring (bicyclic) bond motifs is 1. The van der Waals surface area contributed by atoms with Gasteiger partial charge in [0.25, 0.3) is 0 Å². The summed E-state index contributed by atoms with van der Waals surface area (Å²) in [5.74, 6) is 0.608. The highest BCUT2D eigenvalue weighted by molar-refractivity contribution is 5.75. The average molecular weight is 284 g/mol. The molecule has 1 N–H and O–H groups in total. The lowest BCUT2D eigenvalue weighted by atomic mass is 10.1. The van der Waals surface area contributed by atoms with Crippen LogP contribution >= 0.6 is 0 Å². The number of hydrogen-bond acceptors (Lipinski definition) is 3. The summed E-state index contributed by atoms with van der Waals surface area (Å²) in [4.78, 5) is 8.78. The van der Waals surface area contributed by atoms with Crippen molar-refractivity contribution in [1.29, 1.82) is 0 Å². The van der Waals surface area contributed by atoms with E-state index in [4.69, 9.17) is 0 Å². The van der Waals surface area contributed by atoms with Crippen molar-refractivity contribution in [2.24, 2.45) is 7.05 Å². The Hall–Kier alpha value is -2.27. The number of nitrogens with one attached hydrogen (secondary N) is 1. The Balaban J connectivity index is 1.96. The van der Waals surface area contributed by atoms with E-state index >= 15 is 0 Å². The highest BCUT2D eigenvalue weighted by Crippen LogP contribution is 2.21. The Bertz CT molecular complexity index is 766. The molecular weight excluding hydrogens is 267 g/mol. The van der Waals surface area contributed by atoms with Crippen molar-refractivity contribution in [1.82, 2.24) is 19.9 Å². The van der Waals surface area contributed by atoms with Gasteiger partial charge in [-0.3, -0.25) is 4.98 Å². The van der Waals surface area contributed by atoms with Crippen molar-refractivity contribution >= 4 is 11.0 Å². The van der Waals surface area contributed by atoms with Gasteiger partial charge in [0.1, 0.15) is 11.6 Å². The Morgan fingerprint density at radius 1 is 1.24 bits per heavy atom. The zero-order valence-corrected chi connectivity index (χ0v) is 12.0. The summed E-state index contributed by atoms with van der Waals surface area (Å²) in [6, 6.07) is 10.8. The molecule has 1 atom stereocenters. The number of halogens is 1. The van der Waals surface area contributed by atoms with E-state index in [1.165, 1.54) is 6.07 Å². The molecule has 1 unspecified atom stereocenters. The molecule has 0 aliphatic heterocycles. The molecule has 5 heteroatoms. The summed E-state index contributed by atoms with van der Waals surface area (Å²) in [5.41, 5.74) is 2.45. The van der Waals surface area contributed by atoms with Crippen molar-refractivity contribution in [2.75, 3.05) is 7.05 Å². The van der Waals surface area contributed by atoms with Crippen LogP contribution in [0.15, 0.2) is 42.6 Å². The molecule has 3 rings (SSSR count). The Labute approximate surface area is 122 Å². The van der Waals surface area contributed by atoms with Gasteiger partial charge in [-0.05, 0) is 31.3 Å². The van der Waals surface area contributed by atoms with E-state index in [0.29, 0.717) is 12.1 Å². The number of benzene rings is 1. The van der Waals surface area contributed by atoms with E-state index < -0.39 is 0 Å². The standard InChI is InChI=1S/C16H17FN4/c1-18-13(16-11(17)6-5-9-19-16)10-15-20-12-7-3-4-8-14(12)21(15)2/h3-9,13,18H,10H2,1-2H3. The molecule has 0 aliphatic rings. The first-order valence-corrected chi connectivity index (χ1v) is 6.88. The van der Waals surface area contributed by atoms with E-state index in [-0.39, 0.29) is 11.9 Å². The molecule has 0 fully saturated rings. The first kappa shape index (κ1) is 13.7. The van der Waals surface area contributed by atoms with Crippen LogP contribution in [0.5, 0.6) is 0 Å². The van der Waals surface area contributed by atoms with E-state index in [1.54, 1.807) is 19.3 Å². The number of imidazole rings is 1. The van der Waals surface area contributed by atoms with Crippen LogP contribution in [0.2, 0.25) is 0 Å². The maximum atomic E-state index is 13.9. The number of likely N-dealkylation sites (N-methyl/N-ethyl adjacent to an activating group) is 1. The molecular formula is C16H17FN4. The van der Waals surface area contributed by atoms with Crippen molar-refractivity contribution < 1.29 is 4.39 Å². The van der Waals surface area contributed by atoms with Crippen molar-refractivity contribution in [2.45, 2.75) is 12.5 Å². The number of hydrogen-bond donors (Lipinski definition) is 1. The molecule has 3 aromatic rings. The second kappa shape index (κ2) is 5.61. The van der Waals surface area contributed by atoms with Crippen molar-refractivity contribution in [3.63, 3.8) is 0 Å². The molecule has 0 amide bonds. The van der Waals surface area contributed by atoms with E-state index in [2.05, 4.69) is 15.3 Å². The number of para-hydroxylation sites is 2. The van der Waals surface area contributed by atoms with Crippen molar-refractivity contribution in [3.8, 4) is 0 Å². The number of pyridine rings is 1. The molecule has 0 aliphatic carbocycles. The molecule has 2 heterocycles. The molecule has 4 nitrogen and oxygen atoms in total. The highest BCUT2D eigenvalue weighted by Gasteiger charge is 2.19. The van der Waals surface area contributed by atoms with Gasteiger partial charge in [0, 0.05) is 19.7 Å². The summed E-state index contributed by atoms with van der Waals surface area (Å²) in [6.07, 6.45) is 2.19. The van der Waals surface area contributed by atoms with Gasteiger partial charge in [0.05, 0.1) is 22.8 Å². The van der Waals surface area contributed by atoms with Gasteiger partial charge in [0.15, 0.2) is 0 Å². The molecule has 0 spiro atoms. The lowest BCUT2D eigenvalue weighted by Crippen LogP contribution is -2.22. The molecule has 0 saturated carbocycles. The normalized spacial score (nSPS) is 12.7. The fourth-order valence-electron chi connectivity index (χ4n) is 2.55. The Kier molecular flexibility index (Phi) is 3.66. The SMILES string of the molecule is CNC(Cc1nc2ccccc2n1C)c1ncccc1F. The largest absolute Gasteiger partial charge is 0.331 e. The molecule has 1 aromatic carbocycles. The van der Waals surface area contributed by atoms with Crippen LogP contribution in [0.1, 0.15) is 17.6 Å². The van der Waals surface area contributed by atoms with Crippen LogP contribution < -0.4 is 5.32 Å². The van der Waals surface area contributed by atoms with Crippen LogP contribution in [0.4, 0.5) is 4.39 Å². The third-order valence-corrected chi connectivity index (χ3v) is 3.73. The summed E-state index contributed by atoms with van der Waals surface area (Å²) in [7, 11) is 3.79. The second-order valence-electron chi connectivity index (χ2n) is 4.99. The monoisotopic (exact) mass is 284 g/mol. The average Bonchev–Trinajstić information content (AvgIpc) is 2.82. The second-order valence-corrected chi connectivity index (χ2v) is 4.99. The smallest absolute Gasteiger partial charge is 0.146 e. The van der Waals surface area contributed by atoms with Crippen LogP contribution in [0.3, 0.4) is 0 Å². The molecule has 2 aromatic heterocycles. The molecule has 108 valence electrons. The topological polar surface area (TPSA) is 42.7 Å². The highest BCUT2D eigenvalue weighted by atomic mass is 19.1. The number of nitrogens with zero attached hydrogens (tertiary/aromatic N) is 3. The van der Waals surface area contributed by atoms with Gasteiger partial charge in [-0.1, -0.05) is 12.1 Å². The summed E-state index contributed by atoms with van der Waals surface area (Å²) in [6.45, 7) is 0.